The third-order valence-electron chi connectivity index (χ3n) is 2.63. The highest BCUT2D eigenvalue weighted by molar-refractivity contribution is 7.98. The predicted molar refractivity (Wildman–Crippen MR) is 78.9 cm³/mol. The Labute approximate surface area is 114 Å². The first-order chi connectivity index (χ1) is 8.51. The molecule has 0 fully saturated rings. The highest BCUT2D eigenvalue weighted by Gasteiger charge is 2.12. The van der Waals surface area contributed by atoms with Gasteiger partial charge in [-0.05, 0) is 50.1 Å². The second-order valence-corrected chi connectivity index (χ2v) is 6.83. The zero-order chi connectivity index (χ0) is 13.6. The van der Waals surface area contributed by atoms with E-state index < -0.39 is 10.0 Å². The summed E-state index contributed by atoms with van der Waals surface area (Å²) in [6.07, 6.45) is 3.13. The summed E-state index contributed by atoms with van der Waals surface area (Å²) < 4.78 is 25.7. The zero-order valence-electron chi connectivity index (χ0n) is 11.0. The first-order valence-corrected chi connectivity index (χ1v) is 8.66. The van der Waals surface area contributed by atoms with Crippen LogP contribution in [0.25, 0.3) is 0 Å². The maximum Gasteiger partial charge on any atom is 0.240 e. The molecule has 1 aromatic carbocycles. The van der Waals surface area contributed by atoms with Gasteiger partial charge in [0, 0.05) is 12.2 Å². The van der Waals surface area contributed by atoms with E-state index in [4.69, 9.17) is 0 Å². The molecule has 0 aliphatic carbocycles. The van der Waals surface area contributed by atoms with Crippen molar-refractivity contribution in [1.82, 2.24) is 4.72 Å². The van der Waals surface area contributed by atoms with Gasteiger partial charge in [-0.2, -0.15) is 11.8 Å². The summed E-state index contributed by atoms with van der Waals surface area (Å²) in [6.45, 7) is 2.82. The van der Waals surface area contributed by atoms with Crippen LogP contribution in [0.5, 0.6) is 0 Å². The van der Waals surface area contributed by atoms with Crippen molar-refractivity contribution in [2.75, 3.05) is 30.9 Å². The number of hydrogen-bond donors (Lipinski definition) is 2. The summed E-state index contributed by atoms with van der Waals surface area (Å²) in [4.78, 5) is 0.294. The molecule has 1 rings (SSSR count). The first kappa shape index (κ1) is 15.3. The molecule has 1 aromatic rings. The van der Waals surface area contributed by atoms with Crippen molar-refractivity contribution >= 4 is 27.5 Å². The molecule has 4 nitrogen and oxygen atoms in total. The number of thioether (sulfide) groups is 1. The average Bonchev–Trinajstić information content (AvgIpc) is 2.36. The second kappa shape index (κ2) is 7.01. The van der Waals surface area contributed by atoms with Gasteiger partial charge < -0.3 is 5.32 Å². The van der Waals surface area contributed by atoms with Gasteiger partial charge in [-0.1, -0.05) is 6.07 Å². The van der Waals surface area contributed by atoms with E-state index in [0.29, 0.717) is 4.90 Å². The summed E-state index contributed by atoms with van der Waals surface area (Å²) in [5.74, 6) is 1.10. The first-order valence-electron chi connectivity index (χ1n) is 5.78. The Morgan fingerprint density at radius 1 is 1.33 bits per heavy atom. The third kappa shape index (κ3) is 4.19. The van der Waals surface area contributed by atoms with Crippen LogP contribution in [0.3, 0.4) is 0 Å². The fourth-order valence-corrected chi connectivity index (χ4v) is 2.71. The number of benzene rings is 1. The van der Waals surface area contributed by atoms with Gasteiger partial charge in [0.1, 0.15) is 0 Å². The number of hydrogen-bond acceptors (Lipinski definition) is 4. The molecule has 0 amide bonds. The Morgan fingerprint density at radius 3 is 2.67 bits per heavy atom. The molecule has 0 heterocycles. The average molecular weight is 288 g/mol. The van der Waals surface area contributed by atoms with Crippen molar-refractivity contribution in [2.45, 2.75) is 18.2 Å². The van der Waals surface area contributed by atoms with Gasteiger partial charge in [0.15, 0.2) is 0 Å². The standard InChI is InChI=1S/C12H20N2O2S2/c1-10-5-6-11(18(15,16)13-2)9-12(10)14-7-4-8-17-3/h5-6,9,13-14H,4,7-8H2,1-3H3. The molecule has 0 aliphatic rings. The lowest BCUT2D eigenvalue weighted by molar-refractivity contribution is 0.588. The van der Waals surface area contributed by atoms with E-state index in [-0.39, 0.29) is 0 Å². The van der Waals surface area contributed by atoms with Gasteiger partial charge in [-0.3, -0.25) is 0 Å². The molecular formula is C12H20N2O2S2. The monoisotopic (exact) mass is 288 g/mol. The number of nitrogens with one attached hydrogen (secondary N) is 2. The van der Waals surface area contributed by atoms with E-state index in [0.717, 1.165) is 30.0 Å². The topological polar surface area (TPSA) is 58.2 Å². The van der Waals surface area contributed by atoms with Crippen LogP contribution in [0, 0.1) is 6.92 Å². The highest BCUT2D eigenvalue weighted by Crippen LogP contribution is 2.20. The molecule has 102 valence electrons. The molecule has 6 heteroatoms. The van der Waals surface area contributed by atoms with Gasteiger partial charge in [-0.25, -0.2) is 13.1 Å². The Kier molecular flexibility index (Phi) is 5.98. The van der Waals surface area contributed by atoms with Crippen LogP contribution in [0.4, 0.5) is 5.69 Å². The van der Waals surface area contributed by atoms with Crippen LogP contribution in [0.15, 0.2) is 23.1 Å². The van der Waals surface area contributed by atoms with Crippen LogP contribution in [-0.2, 0) is 10.0 Å². The smallest absolute Gasteiger partial charge is 0.240 e. The maximum atomic E-state index is 11.7. The molecule has 0 aromatic heterocycles. The minimum absolute atomic E-state index is 0.294. The SMILES string of the molecule is CNS(=O)(=O)c1ccc(C)c(NCCCSC)c1. The van der Waals surface area contributed by atoms with Crippen LogP contribution in [-0.4, -0.2) is 34.0 Å². The van der Waals surface area contributed by atoms with Gasteiger partial charge in [-0.15, -0.1) is 0 Å². The van der Waals surface area contributed by atoms with Crippen molar-refractivity contribution in [3.8, 4) is 0 Å². The number of sulfonamides is 1. The van der Waals surface area contributed by atoms with Gasteiger partial charge in [0.05, 0.1) is 4.90 Å². The quantitative estimate of drug-likeness (QED) is 0.754. The fourth-order valence-electron chi connectivity index (χ4n) is 1.52. The lowest BCUT2D eigenvalue weighted by atomic mass is 10.2. The van der Waals surface area contributed by atoms with E-state index >= 15 is 0 Å². The van der Waals surface area contributed by atoms with Crippen molar-refractivity contribution in [3.05, 3.63) is 23.8 Å². The molecule has 0 unspecified atom stereocenters. The minimum Gasteiger partial charge on any atom is -0.385 e. The second-order valence-electron chi connectivity index (χ2n) is 3.96. The predicted octanol–water partition coefficient (Wildman–Crippen LogP) is 2.07. The lowest BCUT2D eigenvalue weighted by Gasteiger charge is -2.11. The summed E-state index contributed by atoms with van der Waals surface area (Å²) in [6, 6.07) is 5.12. The van der Waals surface area contributed by atoms with Crippen LogP contribution >= 0.6 is 11.8 Å². The van der Waals surface area contributed by atoms with Crippen LogP contribution in [0.1, 0.15) is 12.0 Å². The van der Waals surface area contributed by atoms with E-state index in [1.165, 1.54) is 7.05 Å². The number of rotatable bonds is 7. The Hall–Kier alpha value is -0.720. The third-order valence-corrected chi connectivity index (χ3v) is 4.74. The van der Waals surface area contributed by atoms with Gasteiger partial charge in [0.25, 0.3) is 0 Å². The Balaban J connectivity index is 2.82. The van der Waals surface area contributed by atoms with Crippen molar-refractivity contribution in [1.29, 1.82) is 0 Å². The Morgan fingerprint density at radius 2 is 2.06 bits per heavy atom. The Bertz CT molecular complexity index is 487. The molecule has 0 saturated heterocycles. The number of aryl methyl sites for hydroxylation is 1. The molecule has 0 aliphatic heterocycles. The van der Waals surface area contributed by atoms with Gasteiger partial charge >= 0.3 is 0 Å². The normalized spacial score (nSPS) is 11.5. The molecule has 0 saturated carbocycles. The summed E-state index contributed by atoms with van der Waals surface area (Å²) in [5, 5.41) is 3.28. The van der Waals surface area contributed by atoms with Crippen molar-refractivity contribution in [2.24, 2.45) is 0 Å². The molecule has 0 radical (unpaired) electrons. The summed E-state index contributed by atoms with van der Waals surface area (Å²) in [5.41, 5.74) is 1.93. The molecule has 0 spiro atoms. The number of anilines is 1. The van der Waals surface area contributed by atoms with E-state index in [2.05, 4.69) is 16.3 Å². The van der Waals surface area contributed by atoms with Gasteiger partial charge in [0.2, 0.25) is 10.0 Å². The summed E-state index contributed by atoms with van der Waals surface area (Å²) >= 11 is 1.81. The van der Waals surface area contributed by atoms with Crippen molar-refractivity contribution in [3.63, 3.8) is 0 Å². The minimum atomic E-state index is -3.37. The largest absolute Gasteiger partial charge is 0.385 e. The molecular weight excluding hydrogens is 268 g/mol. The maximum absolute atomic E-state index is 11.7. The summed E-state index contributed by atoms with van der Waals surface area (Å²) in [7, 11) is -1.95. The lowest BCUT2D eigenvalue weighted by Crippen LogP contribution is -2.18. The van der Waals surface area contributed by atoms with Crippen molar-refractivity contribution < 1.29 is 8.42 Å². The molecule has 18 heavy (non-hydrogen) atoms. The molecule has 0 bridgehead atoms. The van der Waals surface area contributed by atoms with E-state index in [9.17, 15) is 8.42 Å². The van der Waals surface area contributed by atoms with E-state index in [1.54, 1.807) is 23.9 Å². The fraction of sp³-hybridized carbons (Fsp3) is 0.500. The van der Waals surface area contributed by atoms with Crippen LogP contribution < -0.4 is 10.0 Å². The zero-order valence-corrected chi connectivity index (χ0v) is 12.6. The van der Waals surface area contributed by atoms with Crippen LogP contribution in [0.2, 0.25) is 0 Å². The molecule has 0 atom stereocenters. The molecule has 2 N–H and O–H groups in total. The van der Waals surface area contributed by atoms with E-state index in [1.807, 2.05) is 13.0 Å². The highest BCUT2D eigenvalue weighted by atomic mass is 32.2.